The molecule has 1 atom stereocenters. The van der Waals surface area contributed by atoms with Gasteiger partial charge >= 0.3 is 6.03 Å². The Balaban J connectivity index is 1.23. The third kappa shape index (κ3) is 5.81. The lowest BCUT2D eigenvalue weighted by molar-refractivity contribution is 0.103. The van der Waals surface area contributed by atoms with Gasteiger partial charge in [-0.15, -0.1) is 0 Å². The van der Waals surface area contributed by atoms with Crippen molar-refractivity contribution >= 4 is 29.1 Å². The number of rotatable bonds is 7. The first-order valence-corrected chi connectivity index (χ1v) is 12.3. The van der Waals surface area contributed by atoms with E-state index in [1.165, 1.54) is 6.07 Å². The fourth-order valence-electron chi connectivity index (χ4n) is 4.52. The van der Waals surface area contributed by atoms with Gasteiger partial charge in [-0.25, -0.2) is 9.18 Å². The zero-order valence-electron chi connectivity index (χ0n) is 19.8. The minimum absolute atomic E-state index is 0.0762. The molecule has 2 amide bonds. The Labute approximate surface area is 219 Å². The summed E-state index contributed by atoms with van der Waals surface area (Å²) in [5.74, 6) is 0.728. The molecule has 0 radical (unpaired) electrons. The first-order valence-electron chi connectivity index (χ1n) is 12.0. The highest BCUT2D eigenvalue weighted by molar-refractivity contribution is 6.31. The molecule has 0 aliphatic heterocycles. The highest BCUT2D eigenvalue weighted by Gasteiger charge is 2.23. The van der Waals surface area contributed by atoms with Crippen LogP contribution in [0.15, 0.2) is 91.0 Å². The number of fused-ring (bicyclic) bond motifs is 1. The van der Waals surface area contributed by atoms with E-state index in [9.17, 15) is 14.0 Å². The van der Waals surface area contributed by atoms with Gasteiger partial charge in [0, 0.05) is 28.6 Å². The molecule has 4 aromatic rings. The van der Waals surface area contributed by atoms with E-state index in [1.54, 1.807) is 66.7 Å². The molecule has 0 aromatic heterocycles. The molecule has 1 aliphatic carbocycles. The lowest BCUT2D eigenvalue weighted by Crippen LogP contribution is -2.32. The van der Waals surface area contributed by atoms with E-state index in [1.807, 2.05) is 18.2 Å². The number of anilines is 1. The Hall–Kier alpha value is -4.16. The van der Waals surface area contributed by atoms with Crippen LogP contribution in [0.5, 0.6) is 11.5 Å². The number of ether oxygens (including phenoxy) is 1. The number of aryl methyl sites for hydroxylation is 1. The number of benzene rings is 4. The zero-order chi connectivity index (χ0) is 25.8. The van der Waals surface area contributed by atoms with E-state index in [0.717, 1.165) is 24.0 Å². The molecule has 186 valence electrons. The summed E-state index contributed by atoms with van der Waals surface area (Å²) in [6.45, 7) is 0.429. The van der Waals surface area contributed by atoms with Crippen LogP contribution in [0.1, 0.15) is 39.4 Å². The summed E-state index contributed by atoms with van der Waals surface area (Å²) < 4.78 is 19.5. The van der Waals surface area contributed by atoms with Crippen LogP contribution in [0, 0.1) is 5.82 Å². The molecule has 0 saturated carbocycles. The first-order chi connectivity index (χ1) is 18.0. The topological polar surface area (TPSA) is 67.4 Å². The maximum absolute atomic E-state index is 13.5. The second-order valence-corrected chi connectivity index (χ2v) is 9.31. The molecule has 7 heteroatoms. The number of carbonyl (C=O) groups is 2. The molecule has 0 saturated heterocycles. The van der Waals surface area contributed by atoms with Crippen LogP contribution in [0.25, 0.3) is 0 Å². The number of hydrogen-bond acceptors (Lipinski definition) is 3. The van der Waals surface area contributed by atoms with E-state index >= 15 is 0 Å². The van der Waals surface area contributed by atoms with Gasteiger partial charge in [-0.1, -0.05) is 48.0 Å². The predicted molar refractivity (Wildman–Crippen MR) is 142 cm³/mol. The summed E-state index contributed by atoms with van der Waals surface area (Å²) in [7, 11) is 0. The van der Waals surface area contributed by atoms with E-state index in [2.05, 4.69) is 10.6 Å². The number of amides is 2. The van der Waals surface area contributed by atoms with Crippen molar-refractivity contribution in [3.05, 3.63) is 124 Å². The predicted octanol–water partition coefficient (Wildman–Crippen LogP) is 7.35. The van der Waals surface area contributed by atoms with Gasteiger partial charge in [-0.3, -0.25) is 4.79 Å². The largest absolute Gasteiger partial charge is 0.455 e. The maximum Gasteiger partial charge on any atom is 0.319 e. The Morgan fingerprint density at radius 1 is 0.919 bits per heavy atom. The number of hydrogen-bond donors (Lipinski definition) is 2. The van der Waals surface area contributed by atoms with Gasteiger partial charge in [0.25, 0.3) is 0 Å². The Morgan fingerprint density at radius 2 is 1.68 bits per heavy atom. The van der Waals surface area contributed by atoms with Gasteiger partial charge in [-0.2, -0.15) is 0 Å². The molecule has 1 aliphatic rings. The molecule has 5 nitrogen and oxygen atoms in total. The van der Waals surface area contributed by atoms with Crippen LogP contribution in [-0.4, -0.2) is 18.4 Å². The third-order valence-corrected chi connectivity index (χ3v) is 6.62. The Kier molecular flexibility index (Phi) is 7.19. The maximum atomic E-state index is 13.5. The highest BCUT2D eigenvalue weighted by atomic mass is 35.5. The van der Waals surface area contributed by atoms with E-state index < -0.39 is 6.03 Å². The quantitative estimate of drug-likeness (QED) is 0.253. The average molecular weight is 515 g/mol. The Bertz CT molecular complexity index is 1440. The molecular weight excluding hydrogens is 491 g/mol. The van der Waals surface area contributed by atoms with E-state index in [0.29, 0.717) is 39.9 Å². The molecule has 0 bridgehead atoms. The third-order valence-electron chi connectivity index (χ3n) is 6.39. The molecule has 1 unspecified atom stereocenters. The summed E-state index contributed by atoms with van der Waals surface area (Å²) in [6.07, 6.45) is 1.65. The minimum Gasteiger partial charge on any atom is -0.455 e. The number of ketones is 1. The fraction of sp³-hybridized carbons (Fsp3) is 0.133. The molecule has 0 fully saturated rings. The van der Waals surface area contributed by atoms with Gasteiger partial charge in [-0.05, 0) is 78.6 Å². The average Bonchev–Trinajstić information content (AvgIpc) is 3.31. The van der Waals surface area contributed by atoms with Gasteiger partial charge in [0.15, 0.2) is 11.5 Å². The van der Waals surface area contributed by atoms with Crippen LogP contribution < -0.4 is 15.4 Å². The molecule has 5 rings (SSSR count). The normalized spacial score (nSPS) is 14.1. The molecule has 37 heavy (non-hydrogen) atoms. The smallest absolute Gasteiger partial charge is 0.319 e. The highest BCUT2D eigenvalue weighted by Crippen LogP contribution is 2.34. The lowest BCUT2D eigenvalue weighted by Gasteiger charge is -2.16. The van der Waals surface area contributed by atoms with Crippen molar-refractivity contribution < 1.29 is 18.7 Å². The summed E-state index contributed by atoms with van der Waals surface area (Å²) in [4.78, 5) is 25.3. The monoisotopic (exact) mass is 514 g/mol. The van der Waals surface area contributed by atoms with Crippen molar-refractivity contribution in [1.29, 1.82) is 0 Å². The van der Waals surface area contributed by atoms with Gasteiger partial charge in [0.1, 0.15) is 11.6 Å². The second kappa shape index (κ2) is 10.8. The van der Waals surface area contributed by atoms with Crippen molar-refractivity contribution in [3.8, 4) is 11.5 Å². The number of halogens is 2. The van der Waals surface area contributed by atoms with Crippen molar-refractivity contribution in [2.45, 2.75) is 18.8 Å². The van der Waals surface area contributed by atoms with Crippen LogP contribution in [0.3, 0.4) is 0 Å². The van der Waals surface area contributed by atoms with Crippen LogP contribution >= 0.6 is 11.6 Å². The lowest BCUT2D eigenvalue weighted by atomic mass is 10.0. The van der Waals surface area contributed by atoms with Gasteiger partial charge < -0.3 is 15.4 Å². The first kappa shape index (κ1) is 24.5. The van der Waals surface area contributed by atoms with E-state index in [4.69, 9.17) is 16.3 Å². The number of carbonyl (C=O) groups excluding carboxylic acids is 2. The fourth-order valence-corrected chi connectivity index (χ4v) is 4.69. The van der Waals surface area contributed by atoms with Crippen molar-refractivity contribution in [2.24, 2.45) is 0 Å². The van der Waals surface area contributed by atoms with Crippen LogP contribution in [-0.2, 0) is 6.42 Å². The van der Waals surface area contributed by atoms with Crippen LogP contribution in [0.2, 0.25) is 5.02 Å². The van der Waals surface area contributed by atoms with Crippen LogP contribution in [0.4, 0.5) is 14.9 Å². The van der Waals surface area contributed by atoms with Crippen molar-refractivity contribution in [3.63, 3.8) is 0 Å². The number of urea groups is 1. The number of nitrogens with one attached hydrogen (secondary N) is 2. The summed E-state index contributed by atoms with van der Waals surface area (Å²) in [5, 5.41) is 6.14. The molecule has 0 spiro atoms. The van der Waals surface area contributed by atoms with Gasteiger partial charge in [0.05, 0.1) is 5.69 Å². The zero-order valence-corrected chi connectivity index (χ0v) is 20.6. The molecule has 4 aromatic carbocycles. The molecule has 0 heterocycles. The SMILES string of the molecule is O=C(NCC1CCc2cc(F)ccc21)Nc1cc(Cl)ccc1Oc1ccc(C(=O)c2ccccc2)cc1. The summed E-state index contributed by atoms with van der Waals surface area (Å²) in [5.41, 5.74) is 3.63. The summed E-state index contributed by atoms with van der Waals surface area (Å²) in [6, 6.07) is 25.2. The standard InChI is InChI=1S/C30H24ClFN2O3/c31-23-10-15-28(37-25-12-8-20(9-13-25)29(35)19-4-2-1-3-5-19)27(17-23)34-30(36)33-18-22-7-6-21-16-24(32)11-14-26(21)22/h1-5,8-17,22H,6-7,18H2,(H2,33,34,36). The Morgan fingerprint density at radius 3 is 2.46 bits per heavy atom. The molecule has 2 N–H and O–H groups in total. The van der Waals surface area contributed by atoms with E-state index in [-0.39, 0.29) is 17.5 Å². The van der Waals surface area contributed by atoms with Crippen molar-refractivity contribution in [2.75, 3.05) is 11.9 Å². The minimum atomic E-state index is -0.397. The molecular formula is C30H24ClFN2O3. The van der Waals surface area contributed by atoms with Crippen molar-refractivity contribution in [1.82, 2.24) is 5.32 Å². The van der Waals surface area contributed by atoms with Gasteiger partial charge in [0.2, 0.25) is 0 Å². The second-order valence-electron chi connectivity index (χ2n) is 8.88. The summed E-state index contributed by atoms with van der Waals surface area (Å²) >= 11 is 6.17.